The van der Waals surface area contributed by atoms with E-state index in [9.17, 15) is 4.79 Å². The van der Waals surface area contributed by atoms with Crippen molar-refractivity contribution in [3.05, 3.63) is 58.9 Å². The Hall–Kier alpha value is -2.47. The van der Waals surface area contributed by atoms with Crippen LogP contribution in [0.1, 0.15) is 17.1 Å². The zero-order valence-electron chi connectivity index (χ0n) is 13.1. The summed E-state index contributed by atoms with van der Waals surface area (Å²) in [5.41, 5.74) is 3.87. The van der Waals surface area contributed by atoms with Crippen LogP contribution in [0.4, 0.5) is 0 Å². The summed E-state index contributed by atoms with van der Waals surface area (Å²) in [7, 11) is 0. The molecule has 3 aromatic rings. The Morgan fingerprint density at radius 3 is 2.74 bits per heavy atom. The van der Waals surface area contributed by atoms with Gasteiger partial charge in [0.1, 0.15) is 11.6 Å². The number of amides is 1. The van der Waals surface area contributed by atoms with E-state index in [-0.39, 0.29) is 12.5 Å². The molecule has 0 radical (unpaired) electrons. The lowest BCUT2D eigenvalue weighted by atomic mass is 10.2. The normalized spacial score (nSPS) is 10.7. The van der Waals surface area contributed by atoms with Crippen molar-refractivity contribution in [3.63, 3.8) is 0 Å². The molecule has 3 rings (SSSR count). The third-order valence-electron chi connectivity index (χ3n) is 3.44. The van der Waals surface area contributed by atoms with Crippen LogP contribution in [0, 0.1) is 13.8 Å². The van der Waals surface area contributed by atoms with Gasteiger partial charge >= 0.3 is 0 Å². The van der Waals surface area contributed by atoms with Crippen molar-refractivity contribution < 1.29 is 4.79 Å². The summed E-state index contributed by atoms with van der Waals surface area (Å²) in [5, 5.41) is 10.1. The fourth-order valence-electron chi connectivity index (χ4n) is 2.32. The molecule has 0 saturated heterocycles. The maximum Gasteiger partial charge on any atom is 0.242 e. The van der Waals surface area contributed by atoms with Gasteiger partial charge in [0, 0.05) is 16.6 Å². The summed E-state index contributed by atoms with van der Waals surface area (Å²) >= 11 is 1.58. The molecule has 2 heterocycles. The molecule has 0 spiro atoms. The van der Waals surface area contributed by atoms with Crippen LogP contribution in [-0.4, -0.2) is 20.7 Å². The highest BCUT2D eigenvalue weighted by Crippen LogP contribution is 2.23. The second kappa shape index (κ2) is 6.75. The molecular weight excluding hydrogens is 308 g/mol. The van der Waals surface area contributed by atoms with E-state index in [1.54, 1.807) is 16.0 Å². The SMILES string of the molecule is Cc1cc(C)n(CC(=O)NCc2csc(-c3ccccc3)n2)n1. The lowest BCUT2D eigenvalue weighted by Crippen LogP contribution is -2.28. The van der Waals surface area contributed by atoms with Gasteiger partial charge in [-0.2, -0.15) is 5.10 Å². The highest BCUT2D eigenvalue weighted by Gasteiger charge is 2.09. The maximum absolute atomic E-state index is 12.0. The molecule has 1 amide bonds. The summed E-state index contributed by atoms with van der Waals surface area (Å²) in [5.74, 6) is -0.0644. The van der Waals surface area contributed by atoms with E-state index in [0.29, 0.717) is 6.54 Å². The van der Waals surface area contributed by atoms with Gasteiger partial charge in [0.05, 0.1) is 17.9 Å². The Balaban J connectivity index is 1.57. The number of thiazole rings is 1. The van der Waals surface area contributed by atoms with Crippen LogP contribution >= 0.6 is 11.3 Å². The summed E-state index contributed by atoms with van der Waals surface area (Å²) in [6.45, 7) is 4.53. The van der Waals surface area contributed by atoms with Gasteiger partial charge in [0.25, 0.3) is 0 Å². The summed E-state index contributed by atoms with van der Waals surface area (Å²) in [6, 6.07) is 12.0. The van der Waals surface area contributed by atoms with Crippen LogP contribution in [0.5, 0.6) is 0 Å². The first-order valence-electron chi connectivity index (χ1n) is 7.39. The second-order valence-corrected chi connectivity index (χ2v) is 6.23. The molecule has 0 saturated carbocycles. The van der Waals surface area contributed by atoms with Crippen molar-refractivity contribution in [1.82, 2.24) is 20.1 Å². The molecule has 0 aliphatic rings. The fourth-order valence-corrected chi connectivity index (χ4v) is 3.14. The van der Waals surface area contributed by atoms with Gasteiger partial charge in [-0.05, 0) is 19.9 Å². The zero-order valence-corrected chi connectivity index (χ0v) is 13.9. The quantitative estimate of drug-likeness (QED) is 0.784. The van der Waals surface area contributed by atoms with Gasteiger partial charge in [-0.15, -0.1) is 11.3 Å². The Morgan fingerprint density at radius 2 is 2.04 bits per heavy atom. The average Bonchev–Trinajstić information content (AvgIpc) is 3.13. The fraction of sp³-hybridized carbons (Fsp3) is 0.235. The third-order valence-corrected chi connectivity index (χ3v) is 4.38. The van der Waals surface area contributed by atoms with Crippen LogP contribution in [0.25, 0.3) is 10.6 Å². The van der Waals surface area contributed by atoms with Crippen LogP contribution < -0.4 is 5.32 Å². The smallest absolute Gasteiger partial charge is 0.242 e. The molecule has 0 atom stereocenters. The van der Waals surface area contributed by atoms with Crippen LogP contribution in [0.3, 0.4) is 0 Å². The Kier molecular flexibility index (Phi) is 4.52. The van der Waals surface area contributed by atoms with Crippen molar-refractivity contribution in [2.24, 2.45) is 0 Å². The number of carbonyl (C=O) groups excluding carboxylic acids is 1. The van der Waals surface area contributed by atoms with E-state index in [0.717, 1.165) is 27.7 Å². The molecule has 118 valence electrons. The molecule has 5 nitrogen and oxygen atoms in total. The van der Waals surface area contributed by atoms with Crippen molar-refractivity contribution in [3.8, 4) is 10.6 Å². The molecule has 2 aromatic heterocycles. The minimum absolute atomic E-state index is 0.0644. The van der Waals surface area contributed by atoms with Crippen LogP contribution in [0.2, 0.25) is 0 Å². The number of nitrogens with zero attached hydrogens (tertiary/aromatic N) is 3. The topological polar surface area (TPSA) is 59.8 Å². The number of aryl methyl sites for hydroxylation is 2. The minimum Gasteiger partial charge on any atom is -0.349 e. The maximum atomic E-state index is 12.0. The molecule has 0 aliphatic heterocycles. The van der Waals surface area contributed by atoms with E-state index in [1.807, 2.05) is 55.6 Å². The predicted molar refractivity (Wildman–Crippen MR) is 91.1 cm³/mol. The number of hydrogen-bond acceptors (Lipinski definition) is 4. The molecule has 0 fully saturated rings. The highest BCUT2D eigenvalue weighted by atomic mass is 32.1. The molecule has 0 bridgehead atoms. The average molecular weight is 326 g/mol. The number of carbonyl (C=O) groups is 1. The summed E-state index contributed by atoms with van der Waals surface area (Å²) in [6.07, 6.45) is 0. The molecule has 1 aromatic carbocycles. The standard InChI is InChI=1S/C17H18N4OS/c1-12-8-13(2)21(20-12)10-16(22)18-9-15-11-23-17(19-15)14-6-4-3-5-7-14/h3-8,11H,9-10H2,1-2H3,(H,18,22). The second-order valence-electron chi connectivity index (χ2n) is 5.37. The van der Waals surface area contributed by atoms with Crippen LogP contribution in [0.15, 0.2) is 41.8 Å². The summed E-state index contributed by atoms with van der Waals surface area (Å²) in [4.78, 5) is 16.6. The monoisotopic (exact) mass is 326 g/mol. The zero-order chi connectivity index (χ0) is 16.2. The number of nitrogens with one attached hydrogen (secondary N) is 1. The first-order chi connectivity index (χ1) is 11.1. The van der Waals surface area contributed by atoms with Gasteiger partial charge in [-0.25, -0.2) is 4.98 Å². The Bertz CT molecular complexity index is 807. The van der Waals surface area contributed by atoms with E-state index in [4.69, 9.17) is 0 Å². The van der Waals surface area contributed by atoms with Gasteiger partial charge < -0.3 is 5.32 Å². The van der Waals surface area contributed by atoms with Gasteiger partial charge in [0.15, 0.2) is 0 Å². The molecule has 1 N–H and O–H groups in total. The van der Waals surface area contributed by atoms with E-state index in [2.05, 4.69) is 15.4 Å². The van der Waals surface area contributed by atoms with E-state index in [1.165, 1.54) is 0 Å². The Labute approximate surface area is 139 Å². The van der Waals surface area contributed by atoms with Gasteiger partial charge in [-0.1, -0.05) is 30.3 Å². The van der Waals surface area contributed by atoms with Crippen molar-refractivity contribution in [2.75, 3.05) is 0 Å². The third kappa shape index (κ3) is 3.84. The highest BCUT2D eigenvalue weighted by molar-refractivity contribution is 7.13. The van der Waals surface area contributed by atoms with E-state index >= 15 is 0 Å². The Morgan fingerprint density at radius 1 is 1.26 bits per heavy atom. The lowest BCUT2D eigenvalue weighted by molar-refractivity contribution is -0.122. The molecule has 0 aliphatic carbocycles. The molecule has 0 unspecified atom stereocenters. The van der Waals surface area contributed by atoms with Crippen molar-refractivity contribution in [1.29, 1.82) is 0 Å². The number of hydrogen-bond donors (Lipinski definition) is 1. The predicted octanol–water partition coefficient (Wildman–Crippen LogP) is 2.94. The molecular formula is C17H18N4OS. The largest absolute Gasteiger partial charge is 0.349 e. The van der Waals surface area contributed by atoms with Crippen molar-refractivity contribution >= 4 is 17.2 Å². The van der Waals surface area contributed by atoms with Gasteiger partial charge in [0.2, 0.25) is 5.91 Å². The summed E-state index contributed by atoms with van der Waals surface area (Å²) < 4.78 is 1.71. The molecule has 6 heteroatoms. The van der Waals surface area contributed by atoms with Gasteiger partial charge in [-0.3, -0.25) is 9.48 Å². The first-order valence-corrected chi connectivity index (χ1v) is 8.27. The number of benzene rings is 1. The van der Waals surface area contributed by atoms with Crippen LogP contribution in [-0.2, 0) is 17.9 Å². The van der Waals surface area contributed by atoms with Crippen molar-refractivity contribution in [2.45, 2.75) is 26.9 Å². The first kappa shape index (κ1) is 15.4. The molecule has 23 heavy (non-hydrogen) atoms. The van der Waals surface area contributed by atoms with E-state index < -0.39 is 0 Å². The minimum atomic E-state index is -0.0644. The number of rotatable bonds is 5. The lowest BCUT2D eigenvalue weighted by Gasteiger charge is -2.05. The number of aromatic nitrogens is 3.